The Labute approximate surface area is 127 Å². The predicted molar refractivity (Wildman–Crippen MR) is 69.9 cm³/mol. The second kappa shape index (κ2) is 6.02. The number of nitrogens with one attached hydrogen (secondary N) is 1. The molecule has 0 saturated heterocycles. The highest BCUT2D eigenvalue weighted by molar-refractivity contribution is 6.39. The lowest BCUT2D eigenvalue weighted by atomic mass is 10.2. The Morgan fingerprint density at radius 3 is 2.43 bits per heavy atom. The largest absolute Gasteiger partial charge is 0.471 e. The third-order valence-corrected chi connectivity index (χ3v) is 2.53. The minimum absolute atomic E-state index is 0.0495. The van der Waals surface area contributed by atoms with Gasteiger partial charge in [0.2, 0.25) is 5.82 Å². The van der Waals surface area contributed by atoms with Crippen molar-refractivity contribution < 1.29 is 27.3 Å². The fourth-order valence-corrected chi connectivity index (χ4v) is 1.43. The van der Waals surface area contributed by atoms with Gasteiger partial charge in [-0.05, 0) is 12.1 Å². The van der Waals surface area contributed by atoms with Crippen LogP contribution >= 0.6 is 0 Å². The van der Waals surface area contributed by atoms with Crippen LogP contribution in [-0.4, -0.2) is 45.9 Å². The number of carbonyl (C=O) groups excluding carboxylic acids is 2. The number of likely N-dealkylation sites (N-methyl/N-ethyl adjacent to an activating group) is 1. The summed E-state index contributed by atoms with van der Waals surface area (Å²) < 4.78 is 41.2. The smallest absolute Gasteiger partial charge is 0.341 e. The number of pyridine rings is 1. The van der Waals surface area contributed by atoms with Crippen molar-refractivity contribution in [3.8, 4) is 11.4 Å². The summed E-state index contributed by atoms with van der Waals surface area (Å²) in [5.74, 6) is -3.39. The van der Waals surface area contributed by atoms with E-state index in [1.54, 1.807) is 0 Å². The summed E-state index contributed by atoms with van der Waals surface area (Å²) in [6, 6.07) is 2.62. The molecule has 0 spiro atoms. The maximum absolute atomic E-state index is 12.4. The van der Waals surface area contributed by atoms with Crippen LogP contribution in [-0.2, 0) is 15.8 Å². The minimum atomic E-state index is -4.74. The minimum Gasteiger partial charge on any atom is -0.341 e. The van der Waals surface area contributed by atoms with Crippen LogP contribution in [0, 0.1) is 0 Å². The van der Waals surface area contributed by atoms with E-state index >= 15 is 0 Å². The van der Waals surface area contributed by atoms with E-state index in [-0.39, 0.29) is 17.2 Å². The van der Waals surface area contributed by atoms with Crippen LogP contribution in [0.1, 0.15) is 5.89 Å². The van der Waals surface area contributed by atoms with Crippen LogP contribution in [0.5, 0.6) is 0 Å². The van der Waals surface area contributed by atoms with E-state index in [0.29, 0.717) is 0 Å². The number of amides is 2. The Kier molecular flexibility index (Phi) is 4.29. The summed E-state index contributed by atoms with van der Waals surface area (Å²) in [5, 5.41) is 5.45. The third-order valence-electron chi connectivity index (χ3n) is 2.53. The van der Waals surface area contributed by atoms with Crippen LogP contribution in [0.3, 0.4) is 0 Å². The first-order valence-electron chi connectivity index (χ1n) is 6.08. The number of alkyl halides is 3. The van der Waals surface area contributed by atoms with Crippen molar-refractivity contribution in [2.45, 2.75) is 6.18 Å². The molecule has 2 rings (SSSR count). The van der Waals surface area contributed by atoms with Crippen molar-refractivity contribution in [2.24, 2.45) is 0 Å². The first-order valence-corrected chi connectivity index (χ1v) is 6.08. The fraction of sp³-hybridized carbons (Fsp3) is 0.250. The van der Waals surface area contributed by atoms with E-state index in [4.69, 9.17) is 0 Å². The molecular formula is C12H10F3N5O3. The van der Waals surface area contributed by atoms with Crippen LogP contribution in [0.4, 0.5) is 19.0 Å². The van der Waals surface area contributed by atoms with Gasteiger partial charge in [0.15, 0.2) is 0 Å². The van der Waals surface area contributed by atoms with Gasteiger partial charge in [-0.25, -0.2) is 4.98 Å². The zero-order valence-corrected chi connectivity index (χ0v) is 11.9. The van der Waals surface area contributed by atoms with Gasteiger partial charge >= 0.3 is 23.9 Å². The lowest BCUT2D eigenvalue weighted by Gasteiger charge is -2.09. The second-order valence-corrected chi connectivity index (χ2v) is 4.51. The fourth-order valence-electron chi connectivity index (χ4n) is 1.43. The molecule has 8 nitrogen and oxygen atoms in total. The number of anilines is 1. The highest BCUT2D eigenvalue weighted by Crippen LogP contribution is 2.29. The number of hydrogen-bond donors (Lipinski definition) is 1. The number of carbonyl (C=O) groups is 2. The first kappa shape index (κ1) is 16.4. The Morgan fingerprint density at radius 2 is 1.96 bits per heavy atom. The monoisotopic (exact) mass is 329 g/mol. The van der Waals surface area contributed by atoms with Gasteiger partial charge in [0, 0.05) is 25.9 Å². The molecule has 2 aromatic heterocycles. The van der Waals surface area contributed by atoms with E-state index in [1.807, 2.05) is 0 Å². The van der Waals surface area contributed by atoms with Crippen molar-refractivity contribution >= 4 is 17.6 Å². The van der Waals surface area contributed by atoms with Crippen molar-refractivity contribution in [3.05, 3.63) is 24.2 Å². The molecule has 0 bridgehead atoms. The number of nitrogens with zero attached hydrogens (tertiary/aromatic N) is 4. The molecule has 0 unspecified atom stereocenters. The molecule has 2 aromatic rings. The molecule has 0 aliphatic carbocycles. The van der Waals surface area contributed by atoms with E-state index in [2.05, 4.69) is 25.0 Å². The summed E-state index contributed by atoms with van der Waals surface area (Å²) >= 11 is 0. The molecule has 0 fully saturated rings. The molecule has 2 heterocycles. The number of hydrogen-bond acceptors (Lipinski definition) is 6. The maximum atomic E-state index is 12.4. The highest BCUT2D eigenvalue weighted by Gasteiger charge is 2.38. The number of rotatable bonds is 2. The summed E-state index contributed by atoms with van der Waals surface area (Å²) in [6.07, 6.45) is -3.60. The molecule has 23 heavy (non-hydrogen) atoms. The molecule has 0 aliphatic rings. The molecule has 0 aromatic carbocycles. The van der Waals surface area contributed by atoms with Gasteiger partial charge in [0.1, 0.15) is 5.82 Å². The molecule has 1 N–H and O–H groups in total. The molecule has 0 atom stereocenters. The average molecular weight is 329 g/mol. The van der Waals surface area contributed by atoms with E-state index in [9.17, 15) is 22.8 Å². The molecule has 0 radical (unpaired) electrons. The first-order chi connectivity index (χ1) is 10.7. The molecular weight excluding hydrogens is 319 g/mol. The zero-order chi connectivity index (χ0) is 17.2. The maximum Gasteiger partial charge on any atom is 0.471 e. The Bertz CT molecular complexity index is 724. The standard InChI is InChI=1S/C12H10F3N5O3/c1-20(2)10(22)9(21)17-7-4-3-6(5-16-7)8-18-11(23-19-8)12(13,14)15/h3-5H,1-2H3,(H,16,17,21). The van der Waals surface area contributed by atoms with Crippen molar-refractivity contribution in [1.29, 1.82) is 0 Å². The average Bonchev–Trinajstić information content (AvgIpc) is 2.97. The van der Waals surface area contributed by atoms with Gasteiger partial charge in [-0.1, -0.05) is 5.16 Å². The molecule has 0 aliphatic heterocycles. The quantitative estimate of drug-likeness (QED) is 0.830. The number of aromatic nitrogens is 3. The van der Waals surface area contributed by atoms with Crippen LogP contribution in [0.2, 0.25) is 0 Å². The SMILES string of the molecule is CN(C)C(=O)C(=O)Nc1ccc(-c2noc(C(F)(F)F)n2)cn1. The van der Waals surface area contributed by atoms with Crippen molar-refractivity contribution in [2.75, 3.05) is 19.4 Å². The summed E-state index contributed by atoms with van der Waals surface area (Å²) in [6.45, 7) is 0. The molecule has 122 valence electrons. The Morgan fingerprint density at radius 1 is 1.26 bits per heavy atom. The third kappa shape index (κ3) is 3.81. The van der Waals surface area contributed by atoms with Gasteiger partial charge in [0.05, 0.1) is 0 Å². The number of halogens is 3. The van der Waals surface area contributed by atoms with Gasteiger partial charge in [-0.3, -0.25) is 9.59 Å². The molecule has 11 heteroatoms. The highest BCUT2D eigenvalue weighted by atomic mass is 19.4. The van der Waals surface area contributed by atoms with Gasteiger partial charge in [-0.15, -0.1) is 0 Å². The van der Waals surface area contributed by atoms with Crippen molar-refractivity contribution in [1.82, 2.24) is 20.0 Å². The van der Waals surface area contributed by atoms with Crippen LogP contribution in [0.25, 0.3) is 11.4 Å². The van der Waals surface area contributed by atoms with Crippen molar-refractivity contribution in [3.63, 3.8) is 0 Å². The van der Waals surface area contributed by atoms with E-state index in [0.717, 1.165) is 11.1 Å². The molecule has 0 saturated carbocycles. The summed E-state index contributed by atoms with van der Waals surface area (Å²) in [7, 11) is 2.82. The van der Waals surface area contributed by atoms with Gasteiger partial charge < -0.3 is 14.7 Å². The topological polar surface area (TPSA) is 101 Å². The lowest BCUT2D eigenvalue weighted by Crippen LogP contribution is -2.34. The van der Waals surface area contributed by atoms with E-state index < -0.39 is 23.9 Å². The second-order valence-electron chi connectivity index (χ2n) is 4.51. The summed E-state index contributed by atoms with van der Waals surface area (Å²) in [4.78, 5) is 31.0. The predicted octanol–water partition coefficient (Wildman–Crippen LogP) is 1.18. The normalized spacial score (nSPS) is 11.2. The lowest BCUT2D eigenvalue weighted by molar-refractivity contribution is -0.159. The summed E-state index contributed by atoms with van der Waals surface area (Å²) in [5.41, 5.74) is 0.154. The molecule has 2 amide bonds. The van der Waals surface area contributed by atoms with Crippen LogP contribution < -0.4 is 5.32 Å². The zero-order valence-electron chi connectivity index (χ0n) is 11.9. The van der Waals surface area contributed by atoms with E-state index in [1.165, 1.54) is 26.2 Å². The Balaban J connectivity index is 2.12. The van der Waals surface area contributed by atoms with Crippen LogP contribution in [0.15, 0.2) is 22.9 Å². The Hall–Kier alpha value is -2.98. The van der Waals surface area contributed by atoms with Gasteiger partial charge in [-0.2, -0.15) is 18.2 Å². The van der Waals surface area contributed by atoms with Gasteiger partial charge in [0.25, 0.3) is 0 Å².